The number of rotatable bonds is 5. The van der Waals surface area contributed by atoms with Gasteiger partial charge in [0.05, 0.1) is 12.2 Å². The molecule has 0 radical (unpaired) electrons. The van der Waals surface area contributed by atoms with E-state index in [9.17, 15) is 19.2 Å². The van der Waals surface area contributed by atoms with Crippen LogP contribution in [0.15, 0.2) is 9.59 Å². The first-order chi connectivity index (χ1) is 14.7. The Balaban J connectivity index is 1.69. The molecule has 0 aliphatic heterocycles. The molecule has 10 nitrogen and oxygen atoms in total. The lowest BCUT2D eigenvalue weighted by molar-refractivity contribution is -0.116. The average molecular weight is 466 g/mol. The number of hydrogen-bond donors (Lipinski definition) is 1. The van der Waals surface area contributed by atoms with Crippen LogP contribution in [0.4, 0.5) is 5.00 Å². The molecule has 1 amide bonds. The summed E-state index contributed by atoms with van der Waals surface area (Å²) in [5, 5.41) is 3.09. The molecular weight excluding hydrogens is 446 g/mol. The fourth-order valence-corrected chi connectivity index (χ4v) is 5.30. The number of nitrogens with one attached hydrogen (secondary N) is 1. The van der Waals surface area contributed by atoms with E-state index >= 15 is 0 Å². The summed E-state index contributed by atoms with van der Waals surface area (Å²) >= 11 is 7.54. The number of halogens is 1. The van der Waals surface area contributed by atoms with Crippen molar-refractivity contribution in [3.63, 3.8) is 0 Å². The van der Waals surface area contributed by atoms with E-state index in [0.717, 1.165) is 34.3 Å². The van der Waals surface area contributed by atoms with Gasteiger partial charge < -0.3 is 10.1 Å². The Labute approximate surface area is 185 Å². The van der Waals surface area contributed by atoms with Gasteiger partial charge in [-0.3, -0.25) is 23.3 Å². The van der Waals surface area contributed by atoms with Crippen LogP contribution < -0.4 is 16.6 Å². The molecule has 1 aliphatic rings. The van der Waals surface area contributed by atoms with Crippen LogP contribution in [0.25, 0.3) is 11.2 Å². The highest BCUT2D eigenvalue weighted by Crippen LogP contribution is 2.39. The molecule has 0 saturated carbocycles. The van der Waals surface area contributed by atoms with Gasteiger partial charge in [0.25, 0.3) is 5.56 Å². The molecule has 0 bridgehead atoms. The zero-order valence-corrected chi connectivity index (χ0v) is 18.7. The molecule has 0 fully saturated rings. The fourth-order valence-electron chi connectivity index (χ4n) is 3.79. The van der Waals surface area contributed by atoms with Crippen molar-refractivity contribution in [1.82, 2.24) is 18.7 Å². The number of nitrogens with zero attached hydrogens (tertiary/aromatic N) is 4. The highest BCUT2D eigenvalue weighted by molar-refractivity contribution is 7.17. The van der Waals surface area contributed by atoms with Crippen molar-refractivity contribution in [1.29, 1.82) is 0 Å². The van der Waals surface area contributed by atoms with E-state index in [-0.39, 0.29) is 29.6 Å². The van der Waals surface area contributed by atoms with Crippen molar-refractivity contribution in [2.75, 3.05) is 11.9 Å². The summed E-state index contributed by atoms with van der Waals surface area (Å²) in [5.74, 6) is -0.949. The molecule has 0 spiro atoms. The van der Waals surface area contributed by atoms with E-state index in [0.29, 0.717) is 10.6 Å². The number of aryl methyl sites for hydroxylation is 2. The van der Waals surface area contributed by atoms with Crippen LogP contribution in [0.3, 0.4) is 0 Å². The zero-order chi connectivity index (χ0) is 22.4. The van der Waals surface area contributed by atoms with Crippen molar-refractivity contribution < 1.29 is 14.3 Å². The second kappa shape index (κ2) is 7.97. The Morgan fingerprint density at radius 2 is 1.97 bits per heavy atom. The Morgan fingerprint density at radius 1 is 1.23 bits per heavy atom. The standard InChI is InChI=1S/C19H20ClN5O5S/c1-4-30-17(28)12-9-6-5-7-10(9)31-15(12)21-11(26)8-25-13-14(22-18(25)20)23(2)19(29)24(3)16(13)27/h4-8H2,1-3H3,(H,21,26). The predicted octanol–water partition coefficient (Wildman–Crippen LogP) is 1.45. The maximum Gasteiger partial charge on any atom is 0.341 e. The van der Waals surface area contributed by atoms with Gasteiger partial charge in [0.15, 0.2) is 11.2 Å². The molecule has 3 aromatic heterocycles. The first-order valence-electron chi connectivity index (χ1n) is 9.67. The number of anilines is 1. The van der Waals surface area contributed by atoms with Gasteiger partial charge in [0.1, 0.15) is 11.5 Å². The molecule has 31 heavy (non-hydrogen) atoms. The first-order valence-corrected chi connectivity index (χ1v) is 10.9. The zero-order valence-electron chi connectivity index (χ0n) is 17.2. The number of hydrogen-bond acceptors (Lipinski definition) is 7. The molecule has 0 atom stereocenters. The second-order valence-electron chi connectivity index (χ2n) is 7.18. The summed E-state index contributed by atoms with van der Waals surface area (Å²) in [4.78, 5) is 55.2. The number of carbonyl (C=O) groups is 2. The fraction of sp³-hybridized carbons (Fsp3) is 0.421. The molecule has 164 valence electrons. The Morgan fingerprint density at radius 3 is 2.68 bits per heavy atom. The summed E-state index contributed by atoms with van der Waals surface area (Å²) < 4.78 is 8.54. The van der Waals surface area contributed by atoms with Gasteiger partial charge in [-0.25, -0.2) is 9.59 Å². The molecular formula is C19H20ClN5O5S. The summed E-state index contributed by atoms with van der Waals surface area (Å²) in [6.07, 6.45) is 2.57. The molecule has 0 aromatic carbocycles. The van der Waals surface area contributed by atoms with Crippen molar-refractivity contribution in [3.05, 3.63) is 42.1 Å². The lowest BCUT2D eigenvalue weighted by atomic mass is 10.1. The van der Waals surface area contributed by atoms with Crippen LogP contribution in [0.2, 0.25) is 5.28 Å². The third-order valence-corrected chi connectivity index (χ3v) is 6.75. The molecule has 3 aromatic rings. The number of ether oxygens (including phenoxy) is 1. The van der Waals surface area contributed by atoms with Crippen molar-refractivity contribution in [2.45, 2.75) is 32.7 Å². The van der Waals surface area contributed by atoms with Gasteiger partial charge in [0.2, 0.25) is 11.2 Å². The Bertz CT molecular complexity index is 1350. The third-order valence-electron chi connectivity index (χ3n) is 5.26. The minimum absolute atomic E-state index is 0.0454. The van der Waals surface area contributed by atoms with E-state index in [1.165, 1.54) is 34.6 Å². The number of aromatic nitrogens is 4. The summed E-state index contributed by atoms with van der Waals surface area (Å²) in [7, 11) is 2.81. The number of amides is 1. The first kappa shape index (κ1) is 21.3. The van der Waals surface area contributed by atoms with E-state index in [2.05, 4.69) is 10.3 Å². The van der Waals surface area contributed by atoms with Gasteiger partial charge in [-0.05, 0) is 43.4 Å². The van der Waals surface area contributed by atoms with Gasteiger partial charge in [0, 0.05) is 19.0 Å². The van der Waals surface area contributed by atoms with Crippen LogP contribution >= 0.6 is 22.9 Å². The van der Waals surface area contributed by atoms with Crippen LogP contribution in [-0.2, 0) is 43.0 Å². The highest BCUT2D eigenvalue weighted by Gasteiger charge is 2.29. The Hall–Kier alpha value is -2.92. The SMILES string of the molecule is CCOC(=O)c1c(NC(=O)Cn2c(Cl)nc3c2c(=O)n(C)c(=O)n3C)sc2c1CCC2. The lowest BCUT2D eigenvalue weighted by Gasteiger charge is -2.10. The quantitative estimate of drug-likeness (QED) is 0.450. The number of esters is 1. The summed E-state index contributed by atoms with van der Waals surface area (Å²) in [6.45, 7) is 1.64. The number of imidazole rings is 1. The van der Waals surface area contributed by atoms with Gasteiger partial charge >= 0.3 is 11.7 Å². The van der Waals surface area contributed by atoms with Gasteiger partial charge in [-0.15, -0.1) is 11.3 Å². The highest BCUT2D eigenvalue weighted by atomic mass is 35.5. The topological polar surface area (TPSA) is 117 Å². The maximum absolute atomic E-state index is 12.8. The van der Waals surface area contributed by atoms with E-state index in [1.54, 1.807) is 6.92 Å². The maximum atomic E-state index is 12.8. The molecule has 1 aliphatic carbocycles. The molecule has 0 unspecified atom stereocenters. The second-order valence-corrected chi connectivity index (χ2v) is 8.62. The molecule has 1 N–H and O–H groups in total. The monoisotopic (exact) mass is 465 g/mol. The molecule has 3 heterocycles. The van der Waals surface area contributed by atoms with Gasteiger partial charge in [-0.1, -0.05) is 0 Å². The van der Waals surface area contributed by atoms with E-state index in [4.69, 9.17) is 16.3 Å². The van der Waals surface area contributed by atoms with Crippen LogP contribution in [-0.4, -0.2) is 37.2 Å². The Kier molecular flexibility index (Phi) is 5.48. The largest absolute Gasteiger partial charge is 0.462 e. The number of carbonyl (C=O) groups excluding carboxylic acids is 2. The van der Waals surface area contributed by atoms with Crippen LogP contribution in [0.1, 0.15) is 34.1 Å². The molecule has 12 heteroatoms. The normalized spacial score (nSPS) is 12.9. The molecule has 4 rings (SSSR count). The molecule has 0 saturated heterocycles. The minimum Gasteiger partial charge on any atom is -0.462 e. The number of fused-ring (bicyclic) bond motifs is 2. The van der Waals surface area contributed by atoms with Crippen LogP contribution in [0, 0.1) is 0 Å². The smallest absolute Gasteiger partial charge is 0.341 e. The van der Waals surface area contributed by atoms with Crippen LogP contribution in [0.5, 0.6) is 0 Å². The lowest BCUT2D eigenvalue weighted by Crippen LogP contribution is -2.37. The number of thiophene rings is 1. The van der Waals surface area contributed by atoms with Crippen molar-refractivity contribution >= 4 is 51.0 Å². The van der Waals surface area contributed by atoms with E-state index in [1.807, 2.05) is 0 Å². The summed E-state index contributed by atoms with van der Waals surface area (Å²) in [5.41, 5.74) is 0.307. The average Bonchev–Trinajstić information content (AvgIpc) is 3.38. The van der Waals surface area contributed by atoms with Crippen molar-refractivity contribution in [3.8, 4) is 0 Å². The minimum atomic E-state index is -0.604. The predicted molar refractivity (Wildman–Crippen MR) is 116 cm³/mol. The van der Waals surface area contributed by atoms with Crippen molar-refractivity contribution in [2.24, 2.45) is 14.1 Å². The summed E-state index contributed by atoms with van der Waals surface area (Å²) in [6, 6.07) is 0. The van der Waals surface area contributed by atoms with E-state index < -0.39 is 23.1 Å². The van der Waals surface area contributed by atoms with Gasteiger partial charge in [-0.2, -0.15) is 4.98 Å². The third kappa shape index (κ3) is 3.47.